The molecule has 2 aromatic rings. The van der Waals surface area contributed by atoms with Crippen LogP contribution in [-0.4, -0.2) is 29.2 Å². The lowest BCUT2D eigenvalue weighted by atomic mass is 10.2. The van der Waals surface area contributed by atoms with Gasteiger partial charge in [-0.25, -0.2) is 4.79 Å². The minimum absolute atomic E-state index is 0.0248. The van der Waals surface area contributed by atoms with Crippen molar-refractivity contribution in [3.63, 3.8) is 0 Å². The Bertz CT molecular complexity index is 908. The summed E-state index contributed by atoms with van der Waals surface area (Å²) in [4.78, 5) is 23.9. The highest BCUT2D eigenvalue weighted by Crippen LogP contribution is 2.31. The van der Waals surface area contributed by atoms with E-state index in [9.17, 15) is 14.7 Å². The first kappa shape index (κ1) is 20.6. The number of carboxylic acid groups (broad SMARTS) is 1. The fraction of sp³-hybridized carbons (Fsp3) is 0.0625. The summed E-state index contributed by atoms with van der Waals surface area (Å²) >= 11 is 17.5. The van der Waals surface area contributed by atoms with Crippen LogP contribution in [0.1, 0.15) is 20.7 Å². The third-order valence-electron chi connectivity index (χ3n) is 3.16. The number of amides is 1. The summed E-state index contributed by atoms with van der Waals surface area (Å²) in [5.74, 6) is -1.38. The van der Waals surface area contributed by atoms with Crippen LogP contribution >= 0.6 is 55.7 Å². The maximum atomic E-state index is 12.4. The second-order valence-corrected chi connectivity index (χ2v) is 7.48. The molecule has 0 aliphatic heterocycles. The Hall–Kier alpha value is -1.68. The molecular weight excluding hydrogens is 512 g/mol. The van der Waals surface area contributed by atoms with Gasteiger partial charge in [0.05, 0.1) is 23.9 Å². The van der Waals surface area contributed by atoms with Crippen molar-refractivity contribution in [3.8, 4) is 5.75 Å². The van der Waals surface area contributed by atoms with Crippen LogP contribution in [0.15, 0.2) is 39.3 Å². The summed E-state index contributed by atoms with van der Waals surface area (Å²) < 4.78 is 6.16. The molecule has 1 amide bonds. The first-order chi connectivity index (χ1) is 12.2. The zero-order valence-electron chi connectivity index (χ0n) is 13.1. The van der Waals surface area contributed by atoms with Crippen molar-refractivity contribution >= 4 is 78.4 Å². The Labute approximate surface area is 176 Å². The van der Waals surface area contributed by atoms with Crippen LogP contribution in [0.5, 0.6) is 5.75 Å². The molecule has 3 N–H and O–H groups in total. The predicted molar refractivity (Wildman–Crippen MR) is 110 cm³/mol. The van der Waals surface area contributed by atoms with Crippen molar-refractivity contribution in [2.75, 3.05) is 12.4 Å². The molecule has 2 rings (SSSR count). The van der Waals surface area contributed by atoms with Gasteiger partial charge in [-0.1, -0.05) is 27.5 Å². The van der Waals surface area contributed by atoms with Crippen LogP contribution in [0, 0.1) is 0 Å². The number of anilines is 1. The molecule has 0 heterocycles. The van der Waals surface area contributed by atoms with Gasteiger partial charge in [-0.2, -0.15) is 0 Å². The molecule has 0 saturated heterocycles. The molecule has 0 fully saturated rings. The highest BCUT2D eigenvalue weighted by atomic mass is 79.9. The smallest absolute Gasteiger partial charge is 0.337 e. The van der Waals surface area contributed by atoms with E-state index in [4.69, 9.17) is 28.6 Å². The van der Waals surface area contributed by atoms with Crippen molar-refractivity contribution in [2.45, 2.75) is 0 Å². The van der Waals surface area contributed by atoms with Crippen molar-refractivity contribution < 1.29 is 19.4 Å². The standard InChI is InChI=1S/C16H11Br2ClN2O4S/c1-25-12-3-2-8(19)6-9(12)14(22)21-16(26)20-13-10(15(23)24)4-7(17)5-11(13)18/h2-6H,1H3,(H,23,24)(H2,20,21,22,26). The number of nitrogens with one attached hydrogen (secondary N) is 2. The minimum atomic E-state index is -1.15. The van der Waals surface area contributed by atoms with Gasteiger partial charge < -0.3 is 15.2 Å². The molecule has 0 radical (unpaired) electrons. The quantitative estimate of drug-likeness (QED) is 0.505. The summed E-state index contributed by atoms with van der Waals surface area (Å²) in [6, 6.07) is 7.66. The van der Waals surface area contributed by atoms with Crippen LogP contribution in [0.25, 0.3) is 0 Å². The maximum Gasteiger partial charge on any atom is 0.337 e. The first-order valence-electron chi connectivity index (χ1n) is 6.91. The van der Waals surface area contributed by atoms with E-state index in [0.717, 1.165) is 0 Å². The summed E-state index contributed by atoms with van der Waals surface area (Å²) in [6.07, 6.45) is 0. The van der Waals surface area contributed by atoms with Gasteiger partial charge in [0.1, 0.15) is 5.75 Å². The second kappa shape index (κ2) is 8.81. The largest absolute Gasteiger partial charge is 0.496 e. The summed E-state index contributed by atoms with van der Waals surface area (Å²) in [7, 11) is 1.43. The van der Waals surface area contributed by atoms with Gasteiger partial charge in [-0.05, 0) is 58.5 Å². The normalized spacial score (nSPS) is 10.2. The van der Waals surface area contributed by atoms with Crippen LogP contribution in [-0.2, 0) is 0 Å². The number of carbonyl (C=O) groups excluding carboxylic acids is 1. The van der Waals surface area contributed by atoms with Crippen LogP contribution in [0.4, 0.5) is 5.69 Å². The van der Waals surface area contributed by atoms with E-state index in [0.29, 0.717) is 19.7 Å². The zero-order valence-corrected chi connectivity index (χ0v) is 17.8. The SMILES string of the molecule is COc1ccc(Cl)cc1C(=O)NC(=S)Nc1c(Br)cc(Br)cc1C(=O)O. The summed E-state index contributed by atoms with van der Waals surface area (Å²) in [5, 5.41) is 14.8. The number of hydrogen-bond donors (Lipinski definition) is 3. The lowest BCUT2D eigenvalue weighted by Crippen LogP contribution is -2.34. The molecule has 0 spiro atoms. The average Bonchev–Trinajstić information content (AvgIpc) is 2.56. The van der Waals surface area contributed by atoms with Crippen LogP contribution in [0.2, 0.25) is 5.02 Å². The van der Waals surface area contributed by atoms with Gasteiger partial charge in [0.2, 0.25) is 0 Å². The molecule has 10 heteroatoms. The predicted octanol–water partition coefficient (Wildman–Crippen LogP) is 4.70. The van der Waals surface area contributed by atoms with Gasteiger partial charge in [0.15, 0.2) is 5.11 Å². The van der Waals surface area contributed by atoms with Crippen LogP contribution < -0.4 is 15.4 Å². The maximum absolute atomic E-state index is 12.4. The number of thiocarbonyl (C=S) groups is 1. The van der Waals surface area contributed by atoms with Crippen molar-refractivity contribution in [1.82, 2.24) is 5.32 Å². The number of carboxylic acids is 1. The molecule has 26 heavy (non-hydrogen) atoms. The Morgan fingerprint density at radius 2 is 1.88 bits per heavy atom. The third kappa shape index (κ3) is 4.94. The van der Waals surface area contributed by atoms with Crippen molar-refractivity contribution in [2.24, 2.45) is 0 Å². The number of methoxy groups -OCH3 is 1. The van der Waals surface area contributed by atoms with E-state index >= 15 is 0 Å². The molecule has 0 saturated carbocycles. The zero-order chi connectivity index (χ0) is 19.4. The second-order valence-electron chi connectivity index (χ2n) is 4.87. The van der Waals surface area contributed by atoms with Crippen molar-refractivity contribution in [1.29, 1.82) is 0 Å². The Balaban J connectivity index is 2.24. The highest BCUT2D eigenvalue weighted by Gasteiger charge is 2.18. The van der Waals surface area contributed by atoms with E-state index in [1.807, 2.05) is 0 Å². The molecule has 0 bridgehead atoms. The van der Waals surface area contributed by atoms with Gasteiger partial charge in [-0.15, -0.1) is 0 Å². The molecule has 0 aliphatic carbocycles. The van der Waals surface area contributed by atoms with E-state index in [1.54, 1.807) is 18.2 Å². The van der Waals surface area contributed by atoms with Crippen LogP contribution in [0.3, 0.4) is 0 Å². The van der Waals surface area contributed by atoms with Crippen molar-refractivity contribution in [3.05, 3.63) is 55.4 Å². The molecule has 136 valence electrons. The number of hydrogen-bond acceptors (Lipinski definition) is 4. The average molecular weight is 523 g/mol. The molecule has 2 aromatic carbocycles. The number of aromatic carboxylic acids is 1. The van der Waals surface area contributed by atoms with E-state index in [2.05, 4.69) is 42.5 Å². The number of halogens is 3. The van der Waals surface area contributed by atoms with E-state index in [1.165, 1.54) is 19.2 Å². The van der Waals surface area contributed by atoms with Gasteiger partial charge >= 0.3 is 5.97 Å². The number of benzene rings is 2. The van der Waals surface area contributed by atoms with Gasteiger partial charge in [0, 0.05) is 14.0 Å². The topological polar surface area (TPSA) is 87.7 Å². The number of ether oxygens (including phenoxy) is 1. The molecule has 0 aromatic heterocycles. The lowest BCUT2D eigenvalue weighted by molar-refractivity contribution is 0.0697. The molecule has 6 nitrogen and oxygen atoms in total. The summed E-state index contributed by atoms with van der Waals surface area (Å²) in [5.41, 5.74) is 0.379. The monoisotopic (exact) mass is 520 g/mol. The Kier molecular flexibility index (Phi) is 6.99. The van der Waals surface area contributed by atoms with E-state index in [-0.39, 0.29) is 21.9 Å². The van der Waals surface area contributed by atoms with Gasteiger partial charge in [0.25, 0.3) is 5.91 Å². The number of carbonyl (C=O) groups is 2. The first-order valence-corrected chi connectivity index (χ1v) is 9.28. The minimum Gasteiger partial charge on any atom is -0.496 e. The molecule has 0 aliphatic rings. The Morgan fingerprint density at radius 1 is 1.19 bits per heavy atom. The molecule has 0 atom stereocenters. The fourth-order valence-corrected chi connectivity index (χ4v) is 3.73. The number of rotatable bonds is 4. The Morgan fingerprint density at radius 3 is 2.50 bits per heavy atom. The summed E-state index contributed by atoms with van der Waals surface area (Å²) in [6.45, 7) is 0. The fourth-order valence-electron chi connectivity index (χ4n) is 2.04. The third-order valence-corrected chi connectivity index (χ3v) is 4.68. The lowest BCUT2D eigenvalue weighted by Gasteiger charge is -2.15. The molecular formula is C16H11Br2ClN2O4S. The molecule has 0 unspecified atom stereocenters. The van der Waals surface area contributed by atoms with E-state index < -0.39 is 11.9 Å². The highest BCUT2D eigenvalue weighted by molar-refractivity contribution is 9.11. The van der Waals surface area contributed by atoms with Gasteiger partial charge in [-0.3, -0.25) is 10.1 Å².